The molecule has 9 nitrogen and oxygen atoms in total. The number of para-hydroxylation sites is 1. The van der Waals surface area contributed by atoms with Gasteiger partial charge in [0.05, 0.1) is 0 Å². The number of anilines is 1. The third-order valence-electron chi connectivity index (χ3n) is 7.14. The fourth-order valence-corrected chi connectivity index (χ4v) is 4.90. The molecule has 0 saturated carbocycles. The van der Waals surface area contributed by atoms with E-state index in [-0.39, 0.29) is 13.0 Å². The number of halogens is 1. The average Bonchev–Trinajstić information content (AvgIpc) is 3.01. The van der Waals surface area contributed by atoms with E-state index in [4.69, 9.17) is 26.1 Å². The number of nitrogens with one attached hydrogen (secondary N) is 2. The molecular formula is C32H39ClN4O5. The monoisotopic (exact) mass is 594 g/mol. The van der Waals surface area contributed by atoms with E-state index in [2.05, 4.69) is 27.7 Å². The van der Waals surface area contributed by atoms with Gasteiger partial charge in [0.1, 0.15) is 30.8 Å². The first kappa shape index (κ1) is 31.1. The fourth-order valence-electron chi connectivity index (χ4n) is 4.78. The van der Waals surface area contributed by atoms with Crippen molar-refractivity contribution in [1.82, 2.24) is 15.2 Å². The van der Waals surface area contributed by atoms with Gasteiger partial charge in [-0.25, -0.2) is 14.6 Å². The fraction of sp³-hybridized carbons (Fsp3) is 0.406. The quantitative estimate of drug-likeness (QED) is 0.185. The van der Waals surface area contributed by atoms with E-state index in [0.29, 0.717) is 24.7 Å². The number of benzene rings is 2. The van der Waals surface area contributed by atoms with Gasteiger partial charge in [-0.15, -0.1) is 0 Å². The van der Waals surface area contributed by atoms with Crippen molar-refractivity contribution in [2.75, 3.05) is 38.1 Å². The van der Waals surface area contributed by atoms with Crippen LogP contribution in [0.3, 0.4) is 0 Å². The van der Waals surface area contributed by atoms with Crippen molar-refractivity contribution >= 4 is 29.5 Å². The third-order valence-corrected chi connectivity index (χ3v) is 7.39. The van der Waals surface area contributed by atoms with Crippen LogP contribution in [0.4, 0.5) is 10.6 Å². The number of pyridine rings is 1. The average molecular weight is 595 g/mol. The summed E-state index contributed by atoms with van der Waals surface area (Å²) in [6.45, 7) is 3.34. The second-order valence-electron chi connectivity index (χ2n) is 10.3. The summed E-state index contributed by atoms with van der Waals surface area (Å²) in [4.78, 5) is 31.2. The van der Waals surface area contributed by atoms with Crippen LogP contribution in [-0.2, 0) is 29.0 Å². The summed E-state index contributed by atoms with van der Waals surface area (Å²) in [6.07, 6.45) is 4.42. The van der Waals surface area contributed by atoms with Crippen LogP contribution >= 0.6 is 11.6 Å². The van der Waals surface area contributed by atoms with Gasteiger partial charge in [-0.1, -0.05) is 48.0 Å². The van der Waals surface area contributed by atoms with E-state index in [9.17, 15) is 14.7 Å². The molecule has 3 N–H and O–H groups in total. The Labute approximate surface area is 252 Å². The summed E-state index contributed by atoms with van der Waals surface area (Å²) in [7, 11) is 0. The highest BCUT2D eigenvalue weighted by Gasteiger charge is 2.22. The lowest BCUT2D eigenvalue weighted by atomic mass is 10.1. The number of nitrogens with zero attached hydrogens (tertiary/aromatic N) is 2. The maximum Gasteiger partial charge on any atom is 0.408 e. The van der Waals surface area contributed by atoms with Gasteiger partial charge in [0.15, 0.2) is 0 Å². The highest BCUT2D eigenvalue weighted by Crippen LogP contribution is 2.20. The number of carboxylic acids is 1. The molecule has 3 aromatic rings. The molecule has 1 aliphatic heterocycles. The van der Waals surface area contributed by atoms with E-state index in [1.165, 1.54) is 5.56 Å². The predicted molar refractivity (Wildman–Crippen MR) is 163 cm³/mol. The largest absolute Gasteiger partial charge is 0.492 e. The number of hydrogen-bond donors (Lipinski definition) is 3. The summed E-state index contributed by atoms with van der Waals surface area (Å²) < 4.78 is 11.1. The van der Waals surface area contributed by atoms with Crippen molar-refractivity contribution in [1.29, 1.82) is 0 Å². The lowest BCUT2D eigenvalue weighted by Crippen LogP contribution is -2.43. The Morgan fingerprint density at radius 2 is 1.83 bits per heavy atom. The first-order valence-corrected chi connectivity index (χ1v) is 14.9. The van der Waals surface area contributed by atoms with Crippen LogP contribution in [0.2, 0.25) is 5.02 Å². The molecule has 2 heterocycles. The Morgan fingerprint density at radius 1 is 1.02 bits per heavy atom. The number of carboxylic acid groups (broad SMARTS) is 1. The molecule has 0 spiro atoms. The first-order valence-electron chi connectivity index (χ1n) is 14.5. The van der Waals surface area contributed by atoms with Crippen molar-refractivity contribution in [3.63, 3.8) is 0 Å². The standard InChI is InChI=1S/C32H39ClN4O5/c33-26-14-11-24(12-15-26)23-42-32(40)36-29(31(38)39)17-20-37(21-22-41-28-9-2-1-3-10-28)19-5-4-8-27-16-13-25-7-6-18-34-30(25)35-27/h1-3,9-16,29H,4-8,17-23H2,(H,34,35)(H,36,40)(H,38,39)/t29-/m0/s1. The summed E-state index contributed by atoms with van der Waals surface area (Å²) >= 11 is 5.89. The molecule has 1 aromatic heterocycles. The van der Waals surface area contributed by atoms with E-state index in [1.54, 1.807) is 24.3 Å². The number of ether oxygens (including phenoxy) is 2. The van der Waals surface area contributed by atoms with E-state index < -0.39 is 18.1 Å². The molecule has 0 radical (unpaired) electrons. The molecule has 0 unspecified atom stereocenters. The number of carbonyl (C=O) groups excluding carboxylic acids is 1. The van der Waals surface area contributed by atoms with Gasteiger partial charge in [-0.05, 0) is 86.5 Å². The summed E-state index contributed by atoms with van der Waals surface area (Å²) in [5.41, 5.74) is 3.12. The third kappa shape index (κ3) is 10.5. The SMILES string of the molecule is O=C(N[C@@H](CCN(CCCCc1ccc2c(n1)NCCC2)CCOc1ccccc1)C(=O)O)OCc1ccc(Cl)cc1. The Balaban J connectivity index is 1.26. The van der Waals surface area contributed by atoms with E-state index >= 15 is 0 Å². The molecule has 42 heavy (non-hydrogen) atoms. The zero-order valence-corrected chi connectivity index (χ0v) is 24.5. The minimum atomic E-state index is -1.11. The number of alkyl carbamates (subject to hydrolysis) is 1. The lowest BCUT2D eigenvalue weighted by molar-refractivity contribution is -0.139. The molecule has 1 amide bonds. The molecule has 4 rings (SSSR count). The number of aromatic nitrogens is 1. The van der Waals surface area contributed by atoms with E-state index in [1.807, 2.05) is 30.3 Å². The van der Waals surface area contributed by atoms with Crippen molar-refractivity contribution in [2.24, 2.45) is 0 Å². The minimum absolute atomic E-state index is 0.0213. The van der Waals surface area contributed by atoms with Gasteiger partial charge < -0.3 is 25.2 Å². The molecular weight excluding hydrogens is 556 g/mol. The van der Waals surface area contributed by atoms with Crippen LogP contribution in [0.1, 0.15) is 42.5 Å². The summed E-state index contributed by atoms with van der Waals surface area (Å²) in [5.74, 6) is 0.696. The lowest BCUT2D eigenvalue weighted by Gasteiger charge is -2.24. The van der Waals surface area contributed by atoms with Crippen LogP contribution < -0.4 is 15.4 Å². The topological polar surface area (TPSA) is 113 Å². The first-order chi connectivity index (χ1) is 20.5. The number of aryl methyl sites for hydroxylation is 2. The van der Waals surface area contributed by atoms with Crippen LogP contribution in [0.5, 0.6) is 5.75 Å². The van der Waals surface area contributed by atoms with Crippen LogP contribution in [-0.4, -0.2) is 65.9 Å². The normalized spacial score (nSPS) is 13.1. The Bertz CT molecular complexity index is 1280. The van der Waals surface area contributed by atoms with Crippen molar-refractivity contribution in [3.8, 4) is 5.75 Å². The highest BCUT2D eigenvalue weighted by atomic mass is 35.5. The molecule has 2 aromatic carbocycles. The Hall–Kier alpha value is -3.82. The van der Waals surface area contributed by atoms with Crippen molar-refractivity contribution in [2.45, 2.75) is 51.2 Å². The van der Waals surface area contributed by atoms with Gasteiger partial charge in [-0.3, -0.25) is 4.90 Å². The number of amides is 1. The van der Waals surface area contributed by atoms with Gasteiger partial charge in [0.25, 0.3) is 0 Å². The van der Waals surface area contributed by atoms with E-state index in [0.717, 1.165) is 68.0 Å². The molecule has 224 valence electrons. The second-order valence-corrected chi connectivity index (χ2v) is 10.8. The number of rotatable bonds is 16. The van der Waals surface area contributed by atoms with Crippen molar-refractivity contribution < 1.29 is 24.2 Å². The highest BCUT2D eigenvalue weighted by molar-refractivity contribution is 6.30. The summed E-state index contributed by atoms with van der Waals surface area (Å²) in [5, 5.41) is 16.2. The van der Waals surface area contributed by atoms with Gasteiger partial charge in [0.2, 0.25) is 0 Å². The maximum atomic E-state index is 12.3. The number of unbranched alkanes of at least 4 members (excludes halogenated alkanes) is 1. The summed E-state index contributed by atoms with van der Waals surface area (Å²) in [6, 6.07) is 19.7. The zero-order chi connectivity index (χ0) is 29.6. The zero-order valence-electron chi connectivity index (χ0n) is 23.8. The molecule has 1 atom stereocenters. The Kier molecular flexibility index (Phi) is 12.3. The molecule has 1 aliphatic rings. The Morgan fingerprint density at radius 3 is 2.62 bits per heavy atom. The molecule has 10 heteroatoms. The molecule has 0 saturated heterocycles. The number of fused-ring (bicyclic) bond motifs is 1. The number of hydrogen-bond acceptors (Lipinski definition) is 7. The smallest absolute Gasteiger partial charge is 0.408 e. The molecule has 0 aliphatic carbocycles. The number of carbonyl (C=O) groups is 2. The van der Waals surface area contributed by atoms with Crippen molar-refractivity contribution in [3.05, 3.63) is 88.6 Å². The van der Waals surface area contributed by atoms with Crippen LogP contribution in [0.25, 0.3) is 0 Å². The second kappa shape index (κ2) is 16.6. The predicted octanol–water partition coefficient (Wildman–Crippen LogP) is 5.57. The minimum Gasteiger partial charge on any atom is -0.492 e. The van der Waals surface area contributed by atoms with Crippen LogP contribution in [0.15, 0.2) is 66.7 Å². The molecule has 0 bridgehead atoms. The van der Waals surface area contributed by atoms with Gasteiger partial charge in [0, 0.05) is 30.4 Å². The van der Waals surface area contributed by atoms with Gasteiger partial charge in [-0.2, -0.15) is 0 Å². The maximum absolute atomic E-state index is 12.3. The molecule has 0 fully saturated rings. The van der Waals surface area contributed by atoms with Gasteiger partial charge >= 0.3 is 12.1 Å². The number of aliphatic carboxylic acids is 1. The van der Waals surface area contributed by atoms with Crippen LogP contribution in [0, 0.1) is 0 Å².